The second kappa shape index (κ2) is 6.02. The molecule has 17 heavy (non-hydrogen) atoms. The summed E-state index contributed by atoms with van der Waals surface area (Å²) in [4.78, 5) is 0.946. The van der Waals surface area contributed by atoms with Gasteiger partial charge in [0.05, 0.1) is 21.0 Å². The van der Waals surface area contributed by atoms with Crippen LogP contribution in [0, 0.1) is 5.92 Å². The van der Waals surface area contributed by atoms with Crippen molar-refractivity contribution in [1.29, 1.82) is 0 Å². The minimum atomic E-state index is -0.392. The van der Waals surface area contributed by atoms with Crippen molar-refractivity contribution in [2.75, 3.05) is 6.61 Å². The maximum atomic E-state index is 10.1. The van der Waals surface area contributed by atoms with E-state index in [4.69, 9.17) is 16.3 Å². The number of thiophene rings is 1. The molecule has 0 aromatic carbocycles. The number of rotatable bonds is 5. The van der Waals surface area contributed by atoms with Gasteiger partial charge in [0.25, 0.3) is 0 Å². The standard InChI is InChI=1S/C12H16BrClO2S/c1-2-16-8-3-7(4-8)5-10(15)11-6-9(14)12(13)17-11/h6-8,10,15H,2-5H2,1H3. The summed E-state index contributed by atoms with van der Waals surface area (Å²) in [6.45, 7) is 2.81. The first-order valence-corrected chi connectivity index (χ1v) is 7.83. The molecule has 1 aromatic rings. The molecule has 1 heterocycles. The maximum Gasteiger partial charge on any atom is 0.0888 e. The highest BCUT2D eigenvalue weighted by molar-refractivity contribution is 9.11. The van der Waals surface area contributed by atoms with E-state index in [1.54, 1.807) is 0 Å². The quantitative estimate of drug-likeness (QED) is 0.861. The molecule has 0 aliphatic heterocycles. The van der Waals surface area contributed by atoms with Crippen molar-refractivity contribution >= 4 is 38.9 Å². The number of hydrogen-bond donors (Lipinski definition) is 1. The highest BCUT2D eigenvalue weighted by Crippen LogP contribution is 2.41. The second-order valence-electron chi connectivity index (χ2n) is 4.44. The summed E-state index contributed by atoms with van der Waals surface area (Å²) in [5.74, 6) is 0.584. The smallest absolute Gasteiger partial charge is 0.0888 e. The van der Waals surface area contributed by atoms with Crippen molar-refractivity contribution < 1.29 is 9.84 Å². The fourth-order valence-corrected chi connectivity index (χ4v) is 3.94. The molecular weight excluding hydrogens is 324 g/mol. The van der Waals surface area contributed by atoms with Crippen LogP contribution < -0.4 is 0 Å². The third kappa shape index (κ3) is 3.44. The summed E-state index contributed by atoms with van der Waals surface area (Å²) in [7, 11) is 0. The van der Waals surface area contributed by atoms with Gasteiger partial charge < -0.3 is 9.84 Å². The van der Waals surface area contributed by atoms with E-state index in [-0.39, 0.29) is 0 Å². The average molecular weight is 340 g/mol. The Bertz CT molecular complexity index is 357. The van der Waals surface area contributed by atoms with Crippen LogP contribution in [0.25, 0.3) is 0 Å². The number of halogens is 2. The lowest BCUT2D eigenvalue weighted by Gasteiger charge is -2.35. The molecule has 1 N–H and O–H groups in total. The Labute approximate surface area is 119 Å². The zero-order valence-electron chi connectivity index (χ0n) is 9.66. The predicted molar refractivity (Wildman–Crippen MR) is 74.7 cm³/mol. The first-order valence-electron chi connectivity index (χ1n) is 5.84. The van der Waals surface area contributed by atoms with Gasteiger partial charge in [-0.15, -0.1) is 11.3 Å². The van der Waals surface area contributed by atoms with Crippen LogP contribution in [0.3, 0.4) is 0 Å². The largest absolute Gasteiger partial charge is 0.388 e. The zero-order chi connectivity index (χ0) is 12.4. The lowest BCUT2D eigenvalue weighted by molar-refractivity contribution is -0.0377. The molecule has 1 atom stereocenters. The van der Waals surface area contributed by atoms with Gasteiger partial charge in [0.2, 0.25) is 0 Å². The number of ether oxygens (including phenoxy) is 1. The molecule has 1 unspecified atom stereocenters. The van der Waals surface area contributed by atoms with Gasteiger partial charge >= 0.3 is 0 Å². The molecule has 1 aliphatic carbocycles. The van der Waals surface area contributed by atoms with E-state index in [1.165, 1.54) is 11.3 Å². The Morgan fingerprint density at radius 3 is 2.88 bits per heavy atom. The van der Waals surface area contributed by atoms with Gasteiger partial charge in [0.1, 0.15) is 0 Å². The van der Waals surface area contributed by atoms with Crippen LogP contribution in [0.1, 0.15) is 37.2 Å². The van der Waals surface area contributed by atoms with Crippen molar-refractivity contribution in [3.63, 3.8) is 0 Å². The van der Waals surface area contributed by atoms with Crippen molar-refractivity contribution in [1.82, 2.24) is 0 Å². The average Bonchev–Trinajstić information content (AvgIpc) is 2.56. The molecule has 1 fully saturated rings. The molecule has 0 radical (unpaired) electrons. The van der Waals surface area contributed by atoms with Crippen LogP contribution >= 0.6 is 38.9 Å². The first-order chi connectivity index (χ1) is 8.10. The molecule has 5 heteroatoms. The highest BCUT2D eigenvalue weighted by atomic mass is 79.9. The lowest BCUT2D eigenvalue weighted by Crippen LogP contribution is -2.32. The number of hydrogen-bond acceptors (Lipinski definition) is 3. The van der Waals surface area contributed by atoms with E-state index in [1.807, 2.05) is 13.0 Å². The minimum absolute atomic E-state index is 0.392. The fraction of sp³-hybridized carbons (Fsp3) is 0.667. The summed E-state index contributed by atoms with van der Waals surface area (Å²) in [5.41, 5.74) is 0. The van der Waals surface area contributed by atoms with Gasteiger partial charge in [0.15, 0.2) is 0 Å². The summed E-state index contributed by atoms with van der Waals surface area (Å²) in [6, 6.07) is 1.85. The third-order valence-electron chi connectivity index (χ3n) is 3.14. The van der Waals surface area contributed by atoms with Crippen LogP contribution in [-0.2, 0) is 4.74 Å². The van der Waals surface area contributed by atoms with Gasteiger partial charge in [-0.25, -0.2) is 0 Å². The topological polar surface area (TPSA) is 29.5 Å². The van der Waals surface area contributed by atoms with Crippen LogP contribution in [-0.4, -0.2) is 17.8 Å². The van der Waals surface area contributed by atoms with Gasteiger partial charge in [-0.05, 0) is 54.1 Å². The van der Waals surface area contributed by atoms with Crippen molar-refractivity contribution in [3.8, 4) is 0 Å². The van der Waals surface area contributed by atoms with Crippen molar-refractivity contribution in [3.05, 3.63) is 19.8 Å². The molecule has 2 rings (SSSR count). The molecule has 96 valence electrons. The molecule has 1 aromatic heterocycles. The summed E-state index contributed by atoms with van der Waals surface area (Å²) in [5, 5.41) is 10.8. The highest BCUT2D eigenvalue weighted by Gasteiger charge is 2.31. The predicted octanol–water partition coefficient (Wildman–Crippen LogP) is 4.40. The van der Waals surface area contributed by atoms with Crippen molar-refractivity contribution in [2.24, 2.45) is 5.92 Å². The molecule has 0 bridgehead atoms. The fourth-order valence-electron chi connectivity index (χ4n) is 2.20. The van der Waals surface area contributed by atoms with E-state index >= 15 is 0 Å². The Hall–Kier alpha value is 0.390. The summed E-state index contributed by atoms with van der Waals surface area (Å²) < 4.78 is 6.41. The number of aliphatic hydroxyl groups is 1. The van der Waals surface area contributed by atoms with E-state index < -0.39 is 6.10 Å². The lowest BCUT2D eigenvalue weighted by atomic mass is 9.78. The molecule has 2 nitrogen and oxygen atoms in total. The van der Waals surface area contributed by atoms with E-state index in [2.05, 4.69) is 15.9 Å². The SMILES string of the molecule is CCOC1CC(CC(O)c2cc(Cl)c(Br)s2)C1. The molecule has 1 saturated carbocycles. The van der Waals surface area contributed by atoms with Crippen LogP contribution in [0.15, 0.2) is 9.85 Å². The Balaban J connectivity index is 1.80. The van der Waals surface area contributed by atoms with E-state index in [9.17, 15) is 5.11 Å². The van der Waals surface area contributed by atoms with Gasteiger partial charge in [0, 0.05) is 11.5 Å². The maximum absolute atomic E-state index is 10.1. The third-order valence-corrected chi connectivity index (χ3v) is 5.72. The van der Waals surface area contributed by atoms with Gasteiger partial charge in [-0.1, -0.05) is 11.6 Å². The van der Waals surface area contributed by atoms with Crippen LogP contribution in [0.2, 0.25) is 5.02 Å². The number of aliphatic hydroxyl groups excluding tert-OH is 1. The Morgan fingerprint density at radius 2 is 2.35 bits per heavy atom. The summed E-state index contributed by atoms with van der Waals surface area (Å²) in [6.07, 6.45) is 2.98. The first kappa shape index (κ1) is 13.8. The molecule has 0 saturated heterocycles. The summed E-state index contributed by atoms with van der Waals surface area (Å²) >= 11 is 10.8. The normalized spacial score (nSPS) is 25.6. The monoisotopic (exact) mass is 338 g/mol. The zero-order valence-corrected chi connectivity index (χ0v) is 12.8. The molecular formula is C12H16BrClO2S. The Morgan fingerprint density at radius 1 is 1.65 bits per heavy atom. The van der Waals surface area contributed by atoms with Crippen LogP contribution in [0.5, 0.6) is 0 Å². The molecule has 1 aliphatic rings. The second-order valence-corrected chi connectivity index (χ2v) is 7.25. The van der Waals surface area contributed by atoms with Crippen molar-refractivity contribution in [2.45, 2.75) is 38.4 Å². The van der Waals surface area contributed by atoms with E-state index in [0.29, 0.717) is 17.0 Å². The van der Waals surface area contributed by atoms with E-state index in [0.717, 1.165) is 34.5 Å². The molecule has 0 spiro atoms. The van der Waals surface area contributed by atoms with Gasteiger partial charge in [-0.3, -0.25) is 0 Å². The van der Waals surface area contributed by atoms with Gasteiger partial charge in [-0.2, -0.15) is 0 Å². The molecule has 0 amide bonds. The minimum Gasteiger partial charge on any atom is -0.388 e. The van der Waals surface area contributed by atoms with Crippen LogP contribution in [0.4, 0.5) is 0 Å². The Kier molecular flexibility index (Phi) is 4.89.